The maximum Gasteiger partial charge on any atom is 0.337 e. The van der Waals surface area contributed by atoms with Crippen LogP contribution in [0.2, 0.25) is 0 Å². The second-order valence-electron chi connectivity index (χ2n) is 5.91. The van der Waals surface area contributed by atoms with Crippen LogP contribution in [-0.4, -0.2) is 18.9 Å². The Bertz CT molecular complexity index is 723. The second kappa shape index (κ2) is 7.95. The minimum Gasteiger partial charge on any atom is -0.465 e. The molecule has 24 heavy (non-hydrogen) atoms. The van der Waals surface area contributed by atoms with E-state index in [4.69, 9.17) is 9.15 Å². The van der Waals surface area contributed by atoms with Gasteiger partial charge in [-0.3, -0.25) is 4.79 Å². The average molecular weight is 328 g/mol. The maximum atomic E-state index is 12.1. The summed E-state index contributed by atoms with van der Waals surface area (Å²) in [7, 11) is 1.36. The third-order valence-electron chi connectivity index (χ3n) is 4.11. The van der Waals surface area contributed by atoms with E-state index in [-0.39, 0.29) is 11.8 Å². The summed E-state index contributed by atoms with van der Waals surface area (Å²) in [5.74, 6) is 1.11. The van der Waals surface area contributed by atoms with Crippen LogP contribution in [0.3, 0.4) is 0 Å². The monoisotopic (exact) mass is 328 g/mol. The van der Waals surface area contributed by atoms with Crippen LogP contribution < -0.4 is 0 Å². The highest BCUT2D eigenvalue weighted by Crippen LogP contribution is 2.34. The Hall–Kier alpha value is -2.36. The Balaban J connectivity index is 2.46. The lowest BCUT2D eigenvalue weighted by molar-refractivity contribution is 0.0600. The molecule has 4 nitrogen and oxygen atoms in total. The summed E-state index contributed by atoms with van der Waals surface area (Å²) in [4.78, 5) is 23.7. The third kappa shape index (κ3) is 3.75. The van der Waals surface area contributed by atoms with E-state index in [1.54, 1.807) is 19.1 Å². The Morgan fingerprint density at radius 1 is 1.12 bits per heavy atom. The number of carbonyl (C=O) groups is 2. The van der Waals surface area contributed by atoms with Crippen molar-refractivity contribution >= 4 is 11.8 Å². The van der Waals surface area contributed by atoms with E-state index < -0.39 is 0 Å². The molecular formula is C20H24O4. The van der Waals surface area contributed by atoms with Crippen LogP contribution >= 0.6 is 0 Å². The van der Waals surface area contributed by atoms with Gasteiger partial charge < -0.3 is 9.15 Å². The molecule has 0 saturated heterocycles. The highest BCUT2D eigenvalue weighted by Gasteiger charge is 2.22. The molecule has 0 spiro atoms. The summed E-state index contributed by atoms with van der Waals surface area (Å²) in [5, 5.41) is 0. The first-order chi connectivity index (χ1) is 11.5. The van der Waals surface area contributed by atoms with Crippen molar-refractivity contribution in [2.75, 3.05) is 7.11 Å². The normalized spacial score (nSPS) is 10.7. The average Bonchev–Trinajstić information content (AvgIpc) is 2.91. The molecule has 1 aromatic carbocycles. The van der Waals surface area contributed by atoms with E-state index in [2.05, 4.69) is 6.92 Å². The lowest BCUT2D eigenvalue weighted by Gasteiger charge is -2.06. The van der Waals surface area contributed by atoms with E-state index in [1.165, 1.54) is 7.11 Å². The smallest absolute Gasteiger partial charge is 0.337 e. The van der Waals surface area contributed by atoms with Gasteiger partial charge in [-0.2, -0.15) is 0 Å². The standard InChI is InChI=1S/C20H24O4/c1-5-6-7-8-17-19(18(13(2)21)14(3)24-17)15-9-11-16(12-10-15)20(22)23-4/h9-12H,5-8H2,1-4H3. The fourth-order valence-corrected chi connectivity index (χ4v) is 2.93. The van der Waals surface area contributed by atoms with E-state index in [1.807, 2.05) is 19.1 Å². The molecule has 1 aromatic heterocycles. The van der Waals surface area contributed by atoms with Gasteiger partial charge in [0.25, 0.3) is 0 Å². The number of Topliss-reactive ketones (excluding diaryl/α,β-unsaturated/α-hetero) is 1. The second-order valence-corrected chi connectivity index (χ2v) is 5.91. The molecule has 0 radical (unpaired) electrons. The lowest BCUT2D eigenvalue weighted by atomic mass is 9.95. The molecule has 0 amide bonds. The van der Waals surface area contributed by atoms with Crippen molar-refractivity contribution in [3.63, 3.8) is 0 Å². The zero-order chi connectivity index (χ0) is 17.7. The number of hydrogen-bond donors (Lipinski definition) is 0. The maximum absolute atomic E-state index is 12.1. The van der Waals surface area contributed by atoms with Crippen LogP contribution in [0.25, 0.3) is 11.1 Å². The van der Waals surface area contributed by atoms with Gasteiger partial charge in [0.15, 0.2) is 5.78 Å². The number of methoxy groups -OCH3 is 1. The van der Waals surface area contributed by atoms with E-state index in [0.717, 1.165) is 42.6 Å². The fraction of sp³-hybridized carbons (Fsp3) is 0.400. The molecule has 1 heterocycles. The molecule has 0 saturated carbocycles. The number of rotatable bonds is 7. The highest BCUT2D eigenvalue weighted by molar-refractivity contribution is 6.02. The van der Waals surface area contributed by atoms with Gasteiger partial charge in [0, 0.05) is 12.0 Å². The summed E-state index contributed by atoms with van der Waals surface area (Å²) in [6, 6.07) is 7.10. The fourth-order valence-electron chi connectivity index (χ4n) is 2.93. The van der Waals surface area contributed by atoms with Crippen LogP contribution in [0.1, 0.15) is 65.3 Å². The molecule has 0 aliphatic rings. The Labute approximate surface area is 142 Å². The first-order valence-electron chi connectivity index (χ1n) is 8.31. The van der Waals surface area contributed by atoms with Gasteiger partial charge in [-0.05, 0) is 38.0 Å². The summed E-state index contributed by atoms with van der Waals surface area (Å²) in [5.41, 5.74) is 2.86. The van der Waals surface area contributed by atoms with Crippen LogP contribution in [-0.2, 0) is 11.2 Å². The number of hydrogen-bond acceptors (Lipinski definition) is 4. The molecule has 0 aliphatic carbocycles. The first-order valence-corrected chi connectivity index (χ1v) is 8.31. The molecular weight excluding hydrogens is 304 g/mol. The van der Waals surface area contributed by atoms with Crippen LogP contribution in [0.4, 0.5) is 0 Å². The topological polar surface area (TPSA) is 56.5 Å². The Morgan fingerprint density at radius 2 is 1.79 bits per heavy atom. The lowest BCUT2D eigenvalue weighted by Crippen LogP contribution is -2.01. The SMILES string of the molecule is CCCCCc1oc(C)c(C(C)=O)c1-c1ccc(C(=O)OC)cc1. The molecule has 0 N–H and O–H groups in total. The van der Waals surface area contributed by atoms with Crippen molar-refractivity contribution in [1.82, 2.24) is 0 Å². The van der Waals surface area contributed by atoms with Crippen molar-refractivity contribution in [2.45, 2.75) is 46.5 Å². The molecule has 0 aliphatic heterocycles. The molecule has 0 unspecified atom stereocenters. The molecule has 2 aromatic rings. The minimum absolute atomic E-state index is 0.00923. The number of esters is 1. The van der Waals surface area contributed by atoms with Crippen molar-refractivity contribution in [3.05, 3.63) is 46.9 Å². The van der Waals surface area contributed by atoms with Crippen molar-refractivity contribution in [3.8, 4) is 11.1 Å². The summed E-state index contributed by atoms with van der Waals surface area (Å²) >= 11 is 0. The largest absolute Gasteiger partial charge is 0.465 e. The van der Waals surface area contributed by atoms with Gasteiger partial charge in [0.1, 0.15) is 11.5 Å². The number of aryl methyl sites for hydroxylation is 2. The molecule has 0 atom stereocenters. The van der Waals surface area contributed by atoms with E-state index >= 15 is 0 Å². The summed E-state index contributed by atoms with van der Waals surface area (Å²) < 4.78 is 10.6. The van der Waals surface area contributed by atoms with Crippen molar-refractivity contribution in [1.29, 1.82) is 0 Å². The van der Waals surface area contributed by atoms with E-state index in [0.29, 0.717) is 16.9 Å². The van der Waals surface area contributed by atoms with Gasteiger partial charge in [0.05, 0.1) is 18.2 Å². The first kappa shape index (κ1) is 18.0. The number of carbonyl (C=O) groups excluding carboxylic acids is 2. The van der Waals surface area contributed by atoms with Crippen LogP contribution in [0, 0.1) is 6.92 Å². The van der Waals surface area contributed by atoms with Gasteiger partial charge in [-0.1, -0.05) is 31.9 Å². The summed E-state index contributed by atoms with van der Waals surface area (Å²) in [6.07, 6.45) is 4.07. The number of furan rings is 1. The zero-order valence-corrected chi connectivity index (χ0v) is 14.8. The number of ketones is 1. The highest BCUT2D eigenvalue weighted by atomic mass is 16.5. The van der Waals surface area contributed by atoms with Crippen LogP contribution in [0.15, 0.2) is 28.7 Å². The number of ether oxygens (including phenoxy) is 1. The summed E-state index contributed by atoms with van der Waals surface area (Å²) in [6.45, 7) is 5.53. The van der Waals surface area contributed by atoms with Gasteiger partial charge in [-0.25, -0.2) is 4.79 Å². The molecule has 4 heteroatoms. The molecule has 128 valence electrons. The van der Waals surface area contributed by atoms with Gasteiger partial charge in [-0.15, -0.1) is 0 Å². The molecule has 0 bridgehead atoms. The zero-order valence-electron chi connectivity index (χ0n) is 14.8. The molecule has 2 rings (SSSR count). The van der Waals surface area contributed by atoms with E-state index in [9.17, 15) is 9.59 Å². The van der Waals surface area contributed by atoms with Crippen LogP contribution in [0.5, 0.6) is 0 Å². The predicted molar refractivity (Wildman–Crippen MR) is 93.5 cm³/mol. The Morgan fingerprint density at radius 3 is 2.33 bits per heavy atom. The van der Waals surface area contributed by atoms with Gasteiger partial charge in [0.2, 0.25) is 0 Å². The van der Waals surface area contributed by atoms with Crippen molar-refractivity contribution < 1.29 is 18.7 Å². The number of benzene rings is 1. The predicted octanol–water partition coefficient (Wildman–Crippen LogP) is 4.98. The molecule has 0 fully saturated rings. The minimum atomic E-state index is -0.375. The van der Waals surface area contributed by atoms with Gasteiger partial charge >= 0.3 is 5.97 Å². The Kier molecular flexibility index (Phi) is 5.96. The number of unbranched alkanes of at least 4 members (excludes halogenated alkanes) is 2. The third-order valence-corrected chi connectivity index (χ3v) is 4.11. The quantitative estimate of drug-likeness (QED) is 0.409. The van der Waals surface area contributed by atoms with Crippen molar-refractivity contribution in [2.24, 2.45) is 0 Å².